The maximum Gasteiger partial charge on any atom is 0.137 e. The monoisotopic (exact) mass is 681 g/mol. The van der Waals surface area contributed by atoms with Crippen molar-refractivity contribution in [2.75, 3.05) is 4.90 Å². The molecule has 4 fully saturated rings. The lowest BCUT2D eigenvalue weighted by Gasteiger charge is -2.44. The average Bonchev–Trinajstić information content (AvgIpc) is 3.89. The fourth-order valence-electron chi connectivity index (χ4n) is 11.7. The molecular weight excluding hydrogens is 643 g/mol. The summed E-state index contributed by atoms with van der Waals surface area (Å²) in [5.74, 6) is 3.26. The Morgan fingerprint density at radius 2 is 1.06 bits per heavy atom. The highest BCUT2D eigenvalue weighted by Gasteiger charge is 2.66. The maximum absolute atomic E-state index is 6.46. The van der Waals surface area contributed by atoms with Crippen LogP contribution in [0.25, 0.3) is 55.3 Å². The third-order valence-electron chi connectivity index (χ3n) is 13.6. The molecule has 8 aromatic rings. The number of anilines is 3. The molecule has 0 N–H and O–H groups in total. The highest BCUT2D eigenvalue weighted by Crippen LogP contribution is 2.73. The summed E-state index contributed by atoms with van der Waals surface area (Å²) in [7, 11) is 0. The van der Waals surface area contributed by atoms with Crippen LogP contribution in [0.1, 0.15) is 36.8 Å². The van der Waals surface area contributed by atoms with Gasteiger partial charge in [-0.05, 0) is 142 Å². The molecule has 4 bridgehead atoms. The van der Waals surface area contributed by atoms with E-state index in [-0.39, 0.29) is 5.41 Å². The molecule has 5 aliphatic rings. The Morgan fingerprint density at radius 3 is 1.85 bits per heavy atom. The highest BCUT2D eigenvalue weighted by molar-refractivity contribution is 6.06. The van der Waals surface area contributed by atoms with Gasteiger partial charge in [0.2, 0.25) is 0 Å². The molecule has 5 atom stereocenters. The van der Waals surface area contributed by atoms with Gasteiger partial charge in [0.25, 0.3) is 0 Å². The van der Waals surface area contributed by atoms with Gasteiger partial charge >= 0.3 is 0 Å². The third-order valence-corrected chi connectivity index (χ3v) is 13.6. The quantitative estimate of drug-likeness (QED) is 0.180. The normalized spacial score (nSPS) is 23.2. The molecule has 0 saturated heterocycles. The Hall–Kier alpha value is -5.86. The fraction of sp³-hybridized carbons (Fsp3) is 0.176. The highest BCUT2D eigenvalue weighted by atomic mass is 16.3. The number of hydrogen-bond acceptors (Lipinski definition) is 2. The molecule has 254 valence electrons. The molecule has 5 aliphatic carbocycles. The first-order chi connectivity index (χ1) is 26.2. The number of nitrogens with zero attached hydrogens (tertiary/aromatic N) is 1. The fourth-order valence-corrected chi connectivity index (χ4v) is 11.7. The lowest BCUT2D eigenvalue weighted by molar-refractivity contribution is 0.191. The smallest absolute Gasteiger partial charge is 0.137 e. The zero-order valence-corrected chi connectivity index (χ0v) is 29.6. The summed E-state index contributed by atoms with van der Waals surface area (Å²) in [4.78, 5) is 2.43. The van der Waals surface area contributed by atoms with Gasteiger partial charge in [-0.25, -0.2) is 0 Å². The Labute approximate surface area is 310 Å². The van der Waals surface area contributed by atoms with Crippen molar-refractivity contribution in [1.29, 1.82) is 0 Å². The molecular formula is C51H39NO. The Morgan fingerprint density at radius 1 is 0.453 bits per heavy atom. The molecule has 2 heteroatoms. The zero-order valence-electron chi connectivity index (χ0n) is 29.6. The van der Waals surface area contributed by atoms with Crippen LogP contribution in [0.2, 0.25) is 0 Å². The minimum Gasteiger partial charge on any atom is -0.456 e. The Kier molecular flexibility index (Phi) is 6.20. The van der Waals surface area contributed by atoms with Crippen molar-refractivity contribution in [1.82, 2.24) is 0 Å². The predicted molar refractivity (Wildman–Crippen MR) is 218 cm³/mol. The van der Waals surface area contributed by atoms with Crippen LogP contribution < -0.4 is 4.90 Å². The van der Waals surface area contributed by atoms with Crippen LogP contribution >= 0.6 is 0 Å². The number of para-hydroxylation sites is 1. The van der Waals surface area contributed by atoms with E-state index in [0.29, 0.717) is 0 Å². The van der Waals surface area contributed by atoms with E-state index >= 15 is 0 Å². The number of furan rings is 1. The molecule has 1 heterocycles. The van der Waals surface area contributed by atoms with Crippen LogP contribution in [0, 0.1) is 23.7 Å². The molecule has 0 radical (unpaired) electrons. The Bertz CT molecular complexity index is 2700. The molecule has 1 spiro atoms. The lowest BCUT2D eigenvalue weighted by Crippen LogP contribution is -2.40. The summed E-state index contributed by atoms with van der Waals surface area (Å²) in [6.45, 7) is 0. The van der Waals surface area contributed by atoms with Crippen LogP contribution in [0.5, 0.6) is 0 Å². The summed E-state index contributed by atoms with van der Waals surface area (Å²) in [6, 6.07) is 60.6. The first kappa shape index (κ1) is 29.7. The first-order valence-corrected chi connectivity index (χ1v) is 19.4. The average molecular weight is 682 g/mol. The van der Waals surface area contributed by atoms with Crippen molar-refractivity contribution in [3.8, 4) is 33.4 Å². The summed E-state index contributed by atoms with van der Waals surface area (Å²) in [6.07, 6.45) is 5.59. The number of hydrogen-bond donors (Lipinski definition) is 0. The topological polar surface area (TPSA) is 16.4 Å². The van der Waals surface area contributed by atoms with Gasteiger partial charge in [0, 0.05) is 39.3 Å². The van der Waals surface area contributed by atoms with Crippen molar-refractivity contribution >= 4 is 39.0 Å². The van der Waals surface area contributed by atoms with E-state index in [1.807, 2.05) is 6.07 Å². The van der Waals surface area contributed by atoms with E-state index in [2.05, 4.69) is 163 Å². The van der Waals surface area contributed by atoms with Crippen LogP contribution in [0.15, 0.2) is 168 Å². The summed E-state index contributed by atoms with van der Waals surface area (Å²) in [5, 5.41) is 2.30. The maximum atomic E-state index is 6.46. The van der Waals surface area contributed by atoms with Crippen molar-refractivity contribution in [2.45, 2.75) is 31.1 Å². The second kappa shape index (κ2) is 11.1. The van der Waals surface area contributed by atoms with Gasteiger partial charge in [-0.3, -0.25) is 0 Å². The van der Waals surface area contributed by atoms with Gasteiger partial charge in [0.05, 0.1) is 0 Å². The number of benzene rings is 7. The van der Waals surface area contributed by atoms with Crippen molar-refractivity contribution < 1.29 is 4.42 Å². The molecule has 2 nitrogen and oxygen atoms in total. The van der Waals surface area contributed by atoms with Gasteiger partial charge in [-0.1, -0.05) is 109 Å². The van der Waals surface area contributed by atoms with Crippen LogP contribution in [-0.4, -0.2) is 0 Å². The van der Waals surface area contributed by atoms with Gasteiger partial charge in [-0.2, -0.15) is 0 Å². The minimum absolute atomic E-state index is 0.130. The van der Waals surface area contributed by atoms with Crippen molar-refractivity contribution in [2.24, 2.45) is 23.7 Å². The van der Waals surface area contributed by atoms with Gasteiger partial charge < -0.3 is 9.32 Å². The van der Waals surface area contributed by atoms with Crippen molar-refractivity contribution in [3.05, 3.63) is 175 Å². The van der Waals surface area contributed by atoms with Gasteiger partial charge in [0.15, 0.2) is 0 Å². The van der Waals surface area contributed by atoms with E-state index in [1.165, 1.54) is 64.8 Å². The largest absolute Gasteiger partial charge is 0.456 e. The van der Waals surface area contributed by atoms with E-state index < -0.39 is 0 Å². The van der Waals surface area contributed by atoms with E-state index in [9.17, 15) is 0 Å². The zero-order chi connectivity index (χ0) is 34.7. The number of fused-ring (bicyclic) bond motifs is 6. The molecule has 0 amide bonds. The van der Waals surface area contributed by atoms with Crippen LogP contribution in [-0.2, 0) is 5.41 Å². The molecule has 5 unspecified atom stereocenters. The van der Waals surface area contributed by atoms with E-state index in [0.717, 1.165) is 57.0 Å². The predicted octanol–water partition coefficient (Wildman–Crippen LogP) is 13.7. The Balaban J connectivity index is 1.06. The van der Waals surface area contributed by atoms with E-state index in [1.54, 1.807) is 11.1 Å². The first-order valence-electron chi connectivity index (χ1n) is 19.4. The van der Waals surface area contributed by atoms with Crippen LogP contribution in [0.4, 0.5) is 17.1 Å². The molecule has 4 saturated carbocycles. The molecule has 53 heavy (non-hydrogen) atoms. The van der Waals surface area contributed by atoms with E-state index in [4.69, 9.17) is 4.42 Å². The minimum atomic E-state index is 0.130. The third kappa shape index (κ3) is 4.21. The molecule has 7 aromatic carbocycles. The summed E-state index contributed by atoms with van der Waals surface area (Å²) >= 11 is 0. The molecule has 13 rings (SSSR count). The van der Waals surface area contributed by atoms with Gasteiger partial charge in [-0.15, -0.1) is 0 Å². The van der Waals surface area contributed by atoms with Gasteiger partial charge in [0.1, 0.15) is 11.2 Å². The second-order valence-electron chi connectivity index (χ2n) is 16.1. The number of rotatable bonds is 5. The SMILES string of the molecule is c1ccc(-c2ccc(N(c3ccc4c(c3)-c3cc(-c5ccccc5)ccc3C43C4CC5CC(C4)C3C5)c3ccc4c(c3)oc3ccccc34)cc2)cc1. The lowest BCUT2D eigenvalue weighted by atomic mass is 9.59. The molecule has 0 aliphatic heterocycles. The summed E-state index contributed by atoms with van der Waals surface area (Å²) < 4.78 is 6.46. The second-order valence-corrected chi connectivity index (χ2v) is 16.1. The molecule has 1 aromatic heterocycles. The summed E-state index contributed by atoms with van der Waals surface area (Å²) in [5.41, 5.74) is 16.4. The van der Waals surface area contributed by atoms with Crippen LogP contribution in [0.3, 0.4) is 0 Å². The standard InChI is InChI=1S/C51H39NO/c1-3-9-33(10-4-1)35-15-18-39(19-16-35)52(41-20-22-43-42-13-7-8-14-49(42)53-50(43)31-41)40-21-24-47-45(30-40)44-29-36(34-11-5-2-6-12-34)17-23-46(44)51(47)38-26-32-25-37(28-38)48(51)27-32/h1-24,29-32,37-38,48H,25-28H2. The van der Waals surface area contributed by atoms with Crippen molar-refractivity contribution in [3.63, 3.8) is 0 Å².